The predicted molar refractivity (Wildman–Crippen MR) is 114 cm³/mol. The summed E-state index contributed by atoms with van der Waals surface area (Å²) in [5.41, 5.74) is 4.08. The van der Waals surface area contributed by atoms with Gasteiger partial charge in [-0.1, -0.05) is 29.8 Å². The van der Waals surface area contributed by atoms with Crippen LogP contribution in [0.2, 0.25) is 5.02 Å². The number of thiazole rings is 1. The molecule has 0 atom stereocenters. The lowest BCUT2D eigenvalue weighted by Gasteiger charge is -2.10. The highest BCUT2D eigenvalue weighted by atomic mass is 35.5. The van der Waals surface area contributed by atoms with Gasteiger partial charge in [0.2, 0.25) is 6.79 Å². The molecule has 5 rings (SSSR count). The first-order chi connectivity index (χ1) is 14.3. The highest BCUT2D eigenvalue weighted by Crippen LogP contribution is 2.33. The van der Waals surface area contributed by atoms with Crippen LogP contribution in [0.5, 0.6) is 11.5 Å². The van der Waals surface area contributed by atoms with Gasteiger partial charge in [-0.15, -0.1) is 11.3 Å². The van der Waals surface area contributed by atoms with Gasteiger partial charge in [0.1, 0.15) is 0 Å². The number of halogens is 1. The number of hydrogen-bond acceptors (Lipinski definition) is 5. The zero-order chi connectivity index (χ0) is 19.6. The monoisotopic (exact) mass is 421 g/mol. The third-order valence-corrected chi connectivity index (χ3v) is 5.70. The van der Waals surface area contributed by atoms with Crippen LogP contribution in [0.25, 0.3) is 11.3 Å². The summed E-state index contributed by atoms with van der Waals surface area (Å²) in [6.45, 7) is 0.916. The Hall–Kier alpha value is -3.09. The van der Waals surface area contributed by atoms with Crippen LogP contribution in [0, 0.1) is 0 Å². The molecule has 0 N–H and O–H groups in total. The number of benzene rings is 2. The average molecular weight is 422 g/mol. The number of nitrogens with zero attached hydrogens (tertiary/aromatic N) is 3. The Kier molecular flexibility index (Phi) is 4.79. The van der Waals surface area contributed by atoms with E-state index in [1.807, 2.05) is 48.5 Å². The van der Waals surface area contributed by atoms with Gasteiger partial charge in [-0.2, -0.15) is 0 Å². The first-order valence-corrected chi connectivity index (χ1v) is 10.3. The molecule has 0 radical (unpaired) electrons. The summed E-state index contributed by atoms with van der Waals surface area (Å²) in [4.78, 5) is 9.86. The Morgan fingerprint density at radius 1 is 1.07 bits per heavy atom. The number of aromatic nitrogens is 2. The number of ether oxygens (including phenoxy) is 2. The summed E-state index contributed by atoms with van der Waals surface area (Å²) in [5.74, 6) is 1.55. The smallest absolute Gasteiger partial charge is 0.231 e. The fraction of sp³-hybridized carbons (Fsp3) is 0.0909. The van der Waals surface area contributed by atoms with Crippen molar-refractivity contribution in [2.24, 2.45) is 4.99 Å². The molecule has 5 nitrogen and oxygen atoms in total. The van der Waals surface area contributed by atoms with E-state index >= 15 is 0 Å². The summed E-state index contributed by atoms with van der Waals surface area (Å²) in [6, 6.07) is 17.7. The lowest BCUT2D eigenvalue weighted by Crippen LogP contribution is -2.16. The zero-order valence-corrected chi connectivity index (χ0v) is 16.9. The van der Waals surface area contributed by atoms with Crippen molar-refractivity contribution >= 4 is 28.6 Å². The van der Waals surface area contributed by atoms with E-state index in [4.69, 9.17) is 26.1 Å². The van der Waals surface area contributed by atoms with Crippen LogP contribution >= 0.6 is 22.9 Å². The van der Waals surface area contributed by atoms with Crippen LogP contribution in [0.3, 0.4) is 0 Å². The van der Waals surface area contributed by atoms with E-state index in [9.17, 15) is 0 Å². The third kappa shape index (κ3) is 3.77. The first-order valence-electron chi connectivity index (χ1n) is 9.04. The SMILES string of the molecule is Clc1ccc(-c2csc(=Nc3cccnc3)n2Cc2ccc3c(c2)OCO3)cc1. The Morgan fingerprint density at radius 2 is 1.93 bits per heavy atom. The van der Waals surface area contributed by atoms with Crippen LogP contribution in [0.1, 0.15) is 5.56 Å². The van der Waals surface area contributed by atoms with E-state index in [0.717, 1.165) is 38.8 Å². The molecule has 1 aliphatic heterocycles. The van der Waals surface area contributed by atoms with E-state index in [2.05, 4.69) is 21.0 Å². The maximum absolute atomic E-state index is 6.08. The minimum Gasteiger partial charge on any atom is -0.454 e. The van der Waals surface area contributed by atoms with Gasteiger partial charge in [0, 0.05) is 16.6 Å². The van der Waals surface area contributed by atoms with Gasteiger partial charge in [0.25, 0.3) is 0 Å². The number of fused-ring (bicyclic) bond motifs is 1. The van der Waals surface area contributed by atoms with E-state index in [0.29, 0.717) is 11.6 Å². The Bertz CT molecular complexity index is 1220. The predicted octanol–water partition coefficient (Wildman–Crippen LogP) is 5.27. The van der Waals surface area contributed by atoms with Crippen LogP contribution in [-0.2, 0) is 6.54 Å². The van der Waals surface area contributed by atoms with Gasteiger partial charge in [-0.3, -0.25) is 4.98 Å². The number of rotatable bonds is 4. The molecule has 0 saturated carbocycles. The average Bonchev–Trinajstić information content (AvgIpc) is 3.37. The van der Waals surface area contributed by atoms with Gasteiger partial charge in [0.15, 0.2) is 16.3 Å². The highest BCUT2D eigenvalue weighted by Gasteiger charge is 2.15. The molecule has 1 aliphatic rings. The Labute approximate surface area is 176 Å². The molecule has 0 spiro atoms. The topological polar surface area (TPSA) is 48.6 Å². The molecule has 29 heavy (non-hydrogen) atoms. The number of pyridine rings is 1. The summed E-state index contributed by atoms with van der Waals surface area (Å²) in [6.07, 6.45) is 3.50. The van der Waals surface area contributed by atoms with Gasteiger partial charge in [-0.25, -0.2) is 4.99 Å². The molecule has 2 aromatic carbocycles. The lowest BCUT2D eigenvalue weighted by atomic mass is 10.1. The fourth-order valence-corrected chi connectivity index (χ4v) is 4.23. The molecule has 2 aromatic heterocycles. The second kappa shape index (κ2) is 7.73. The summed E-state index contributed by atoms with van der Waals surface area (Å²) in [5, 5.41) is 2.83. The third-order valence-electron chi connectivity index (χ3n) is 4.59. The molecule has 0 fully saturated rings. The van der Waals surface area contributed by atoms with E-state index in [-0.39, 0.29) is 6.79 Å². The first kappa shape index (κ1) is 18.0. The van der Waals surface area contributed by atoms with Crippen molar-refractivity contribution in [3.63, 3.8) is 0 Å². The standard InChI is InChI=1S/C22H16ClN3O2S/c23-17-6-4-16(5-7-17)19-13-29-22(25-18-2-1-9-24-11-18)26(19)12-15-3-8-20-21(10-15)28-14-27-20/h1-11,13H,12,14H2. The van der Waals surface area contributed by atoms with Crippen molar-refractivity contribution in [2.75, 3.05) is 6.79 Å². The van der Waals surface area contributed by atoms with Crippen molar-refractivity contribution in [2.45, 2.75) is 6.54 Å². The van der Waals surface area contributed by atoms with E-state index in [1.165, 1.54) is 0 Å². The van der Waals surface area contributed by atoms with E-state index < -0.39 is 0 Å². The van der Waals surface area contributed by atoms with Crippen molar-refractivity contribution in [3.8, 4) is 22.8 Å². The minimum absolute atomic E-state index is 0.266. The molecule has 0 bridgehead atoms. The molecule has 0 unspecified atom stereocenters. The normalized spacial score (nSPS) is 13.1. The van der Waals surface area contributed by atoms with E-state index in [1.54, 1.807) is 23.7 Å². The molecule has 4 aromatic rings. The van der Waals surface area contributed by atoms with Crippen molar-refractivity contribution in [3.05, 3.63) is 87.8 Å². The molecule has 0 aliphatic carbocycles. The van der Waals surface area contributed by atoms with Gasteiger partial charge < -0.3 is 14.0 Å². The molecule has 0 saturated heterocycles. The summed E-state index contributed by atoms with van der Waals surface area (Å²) < 4.78 is 13.2. The van der Waals surface area contributed by atoms with Crippen molar-refractivity contribution < 1.29 is 9.47 Å². The van der Waals surface area contributed by atoms with Gasteiger partial charge >= 0.3 is 0 Å². The van der Waals surface area contributed by atoms with Gasteiger partial charge in [0.05, 0.1) is 24.1 Å². The van der Waals surface area contributed by atoms with Gasteiger partial charge in [-0.05, 0) is 47.5 Å². The largest absolute Gasteiger partial charge is 0.454 e. The zero-order valence-electron chi connectivity index (χ0n) is 15.3. The maximum Gasteiger partial charge on any atom is 0.231 e. The minimum atomic E-state index is 0.266. The van der Waals surface area contributed by atoms with Crippen molar-refractivity contribution in [1.29, 1.82) is 0 Å². The second-order valence-electron chi connectivity index (χ2n) is 6.51. The maximum atomic E-state index is 6.08. The quantitative estimate of drug-likeness (QED) is 0.450. The Balaban J connectivity index is 1.61. The van der Waals surface area contributed by atoms with Crippen molar-refractivity contribution in [1.82, 2.24) is 9.55 Å². The molecule has 7 heteroatoms. The summed E-state index contributed by atoms with van der Waals surface area (Å²) >= 11 is 7.67. The summed E-state index contributed by atoms with van der Waals surface area (Å²) in [7, 11) is 0. The van der Waals surface area contributed by atoms with Crippen LogP contribution in [-0.4, -0.2) is 16.3 Å². The second-order valence-corrected chi connectivity index (χ2v) is 7.78. The molecule has 0 amide bonds. The molecule has 3 heterocycles. The lowest BCUT2D eigenvalue weighted by molar-refractivity contribution is 0.174. The molecular weight excluding hydrogens is 406 g/mol. The molecule has 144 valence electrons. The highest BCUT2D eigenvalue weighted by molar-refractivity contribution is 7.07. The molecular formula is C22H16ClN3O2S. The Morgan fingerprint density at radius 3 is 2.76 bits per heavy atom. The van der Waals surface area contributed by atoms with Crippen LogP contribution in [0.4, 0.5) is 5.69 Å². The van der Waals surface area contributed by atoms with Crippen LogP contribution in [0.15, 0.2) is 77.4 Å². The fourth-order valence-electron chi connectivity index (χ4n) is 3.18. The number of hydrogen-bond donors (Lipinski definition) is 0. The van der Waals surface area contributed by atoms with Crippen LogP contribution < -0.4 is 14.3 Å².